The van der Waals surface area contributed by atoms with Crippen molar-refractivity contribution in [2.24, 2.45) is 0 Å². The van der Waals surface area contributed by atoms with Crippen LogP contribution in [0, 0.1) is 5.75 Å². The van der Waals surface area contributed by atoms with E-state index < -0.39 is 0 Å². The molecule has 53 valence electrons. The summed E-state index contributed by atoms with van der Waals surface area (Å²) >= 11 is 7.39. The molecule has 1 radical (unpaired) electrons. The third-order valence-electron chi connectivity index (χ3n) is 1.07. The number of hydrogen-bond donors (Lipinski definition) is 0. The molecule has 0 saturated carbocycles. The Morgan fingerprint density at radius 2 is 1.90 bits per heavy atom. The van der Waals surface area contributed by atoms with Crippen molar-refractivity contribution in [1.82, 2.24) is 0 Å². The lowest BCUT2D eigenvalue weighted by molar-refractivity contribution is 1.46. The van der Waals surface area contributed by atoms with Crippen LogP contribution in [0.5, 0.6) is 0 Å². The van der Waals surface area contributed by atoms with E-state index in [4.69, 9.17) is 11.6 Å². The van der Waals surface area contributed by atoms with Gasteiger partial charge in [-0.25, -0.2) is 0 Å². The molecule has 0 N–H and O–H groups in total. The van der Waals surface area contributed by atoms with Gasteiger partial charge >= 0.3 is 0 Å². The fraction of sp³-hybridized carbons (Fsp3) is 0.125. The van der Waals surface area contributed by atoms with Crippen molar-refractivity contribution >= 4 is 23.4 Å². The maximum absolute atomic E-state index is 5.69. The van der Waals surface area contributed by atoms with E-state index in [0.29, 0.717) is 0 Å². The first-order chi connectivity index (χ1) is 4.83. The molecule has 2 heteroatoms. The third kappa shape index (κ3) is 2.24. The third-order valence-corrected chi connectivity index (χ3v) is 2.10. The highest BCUT2D eigenvalue weighted by atomic mass is 35.5. The van der Waals surface area contributed by atoms with Gasteiger partial charge in [0.05, 0.1) is 0 Å². The van der Waals surface area contributed by atoms with E-state index in [1.165, 1.54) is 4.90 Å². The van der Waals surface area contributed by atoms with E-state index >= 15 is 0 Å². The van der Waals surface area contributed by atoms with Crippen LogP contribution in [0.3, 0.4) is 0 Å². The highest BCUT2D eigenvalue weighted by Crippen LogP contribution is 2.21. The average Bonchev–Trinajstić information content (AvgIpc) is 1.95. The highest BCUT2D eigenvalue weighted by molar-refractivity contribution is 8.01. The summed E-state index contributed by atoms with van der Waals surface area (Å²) in [5.41, 5.74) is 0. The lowest BCUT2D eigenvalue weighted by Crippen LogP contribution is -1.67. The molecule has 1 rings (SSSR count). The Hall–Kier alpha value is -0.140. The van der Waals surface area contributed by atoms with Crippen LogP contribution in [0.25, 0.3) is 0 Å². The Morgan fingerprint density at radius 1 is 1.30 bits per heavy atom. The van der Waals surface area contributed by atoms with Crippen molar-refractivity contribution in [3.63, 3.8) is 0 Å². The van der Waals surface area contributed by atoms with Crippen LogP contribution in [-0.2, 0) is 0 Å². The molecular weight excluding hydrogens is 164 g/mol. The monoisotopic (exact) mass is 171 g/mol. The number of rotatable bonds is 2. The maximum atomic E-state index is 5.69. The van der Waals surface area contributed by atoms with Crippen LogP contribution < -0.4 is 0 Å². The van der Waals surface area contributed by atoms with Crippen molar-refractivity contribution in [2.75, 3.05) is 0 Å². The molecule has 0 heterocycles. The summed E-state index contributed by atoms with van der Waals surface area (Å²) in [6, 6.07) is 7.81. The molecule has 0 aromatic heterocycles. The number of halogens is 1. The van der Waals surface area contributed by atoms with Gasteiger partial charge in [-0.15, -0.1) is 11.8 Å². The topological polar surface area (TPSA) is 0 Å². The number of hydrogen-bond acceptors (Lipinski definition) is 1. The van der Waals surface area contributed by atoms with E-state index in [0.717, 1.165) is 5.02 Å². The Labute approximate surface area is 70.6 Å². The standard InChI is InChI=1S/C8H8ClS/c1-2-10-8-5-3-7(9)4-6-8/h2-6H,1H3. The predicted octanol–water partition coefficient (Wildman–Crippen LogP) is 3.61. The van der Waals surface area contributed by atoms with Gasteiger partial charge in [-0.3, -0.25) is 0 Å². The van der Waals surface area contributed by atoms with Crippen LogP contribution in [0.1, 0.15) is 6.92 Å². The normalized spacial score (nSPS) is 9.80. The minimum atomic E-state index is 0.792. The van der Waals surface area contributed by atoms with E-state index in [9.17, 15) is 0 Å². The minimum absolute atomic E-state index is 0.792. The van der Waals surface area contributed by atoms with E-state index in [1.807, 2.05) is 36.9 Å². The molecule has 1 aromatic carbocycles. The number of benzene rings is 1. The molecule has 0 atom stereocenters. The fourth-order valence-electron chi connectivity index (χ4n) is 0.649. The van der Waals surface area contributed by atoms with Gasteiger partial charge in [0.15, 0.2) is 0 Å². The number of thioether (sulfide) groups is 1. The first kappa shape index (κ1) is 7.96. The Balaban J connectivity index is 2.69. The first-order valence-electron chi connectivity index (χ1n) is 3.03. The van der Waals surface area contributed by atoms with Crippen molar-refractivity contribution < 1.29 is 0 Å². The van der Waals surface area contributed by atoms with Crippen LogP contribution in [0.15, 0.2) is 29.2 Å². The van der Waals surface area contributed by atoms with Crippen LogP contribution >= 0.6 is 23.4 Å². The van der Waals surface area contributed by atoms with Gasteiger partial charge in [-0.2, -0.15) is 0 Å². The van der Waals surface area contributed by atoms with Crippen molar-refractivity contribution in [3.8, 4) is 0 Å². The molecule has 0 bridgehead atoms. The largest absolute Gasteiger partial charge is 0.122 e. The second kappa shape index (κ2) is 3.89. The molecule has 0 amide bonds. The van der Waals surface area contributed by atoms with Gasteiger partial charge in [0.2, 0.25) is 0 Å². The summed E-state index contributed by atoms with van der Waals surface area (Å²) in [6.07, 6.45) is 0. The van der Waals surface area contributed by atoms with Gasteiger partial charge in [0.1, 0.15) is 0 Å². The summed E-state index contributed by atoms with van der Waals surface area (Å²) in [5.74, 6) is 2.04. The molecule has 0 aliphatic carbocycles. The summed E-state index contributed by atoms with van der Waals surface area (Å²) in [4.78, 5) is 1.23. The van der Waals surface area contributed by atoms with Gasteiger partial charge in [0, 0.05) is 15.7 Å². The van der Waals surface area contributed by atoms with Crippen molar-refractivity contribution in [3.05, 3.63) is 35.0 Å². The second-order valence-corrected chi connectivity index (χ2v) is 3.42. The molecule has 0 nitrogen and oxygen atoms in total. The molecular formula is C8H8ClS. The van der Waals surface area contributed by atoms with Gasteiger partial charge in [-0.1, -0.05) is 18.5 Å². The lowest BCUT2D eigenvalue weighted by Gasteiger charge is -1.95. The second-order valence-electron chi connectivity index (χ2n) is 1.81. The molecule has 0 aliphatic heterocycles. The Kier molecular flexibility index (Phi) is 3.10. The van der Waals surface area contributed by atoms with Crippen LogP contribution in [0.2, 0.25) is 5.02 Å². The Morgan fingerprint density at radius 3 is 2.40 bits per heavy atom. The summed E-state index contributed by atoms with van der Waals surface area (Å²) in [5, 5.41) is 0.792. The fourth-order valence-corrected chi connectivity index (χ4v) is 1.34. The molecule has 1 aromatic rings. The van der Waals surface area contributed by atoms with Gasteiger partial charge in [0.25, 0.3) is 0 Å². The molecule has 0 saturated heterocycles. The zero-order valence-corrected chi connectivity index (χ0v) is 7.25. The maximum Gasteiger partial charge on any atom is 0.0406 e. The summed E-state index contributed by atoms with van der Waals surface area (Å²) in [7, 11) is 0. The molecule has 0 unspecified atom stereocenters. The summed E-state index contributed by atoms with van der Waals surface area (Å²) < 4.78 is 0. The van der Waals surface area contributed by atoms with E-state index in [-0.39, 0.29) is 0 Å². The first-order valence-corrected chi connectivity index (χ1v) is 4.29. The van der Waals surface area contributed by atoms with Crippen molar-refractivity contribution in [2.45, 2.75) is 11.8 Å². The Bertz CT molecular complexity index is 193. The summed E-state index contributed by atoms with van der Waals surface area (Å²) in [6.45, 7) is 2.01. The SMILES string of the molecule is C[CH]Sc1ccc(Cl)cc1. The average molecular weight is 172 g/mol. The zero-order valence-electron chi connectivity index (χ0n) is 5.67. The molecule has 0 aliphatic rings. The van der Waals surface area contributed by atoms with Gasteiger partial charge < -0.3 is 0 Å². The quantitative estimate of drug-likeness (QED) is 0.613. The molecule has 0 spiro atoms. The molecule has 10 heavy (non-hydrogen) atoms. The van der Waals surface area contributed by atoms with Gasteiger partial charge in [-0.05, 0) is 24.3 Å². The smallest absolute Gasteiger partial charge is 0.0406 e. The zero-order chi connectivity index (χ0) is 7.40. The van der Waals surface area contributed by atoms with E-state index in [2.05, 4.69) is 0 Å². The highest BCUT2D eigenvalue weighted by Gasteiger charge is 1.89. The van der Waals surface area contributed by atoms with E-state index in [1.54, 1.807) is 11.8 Å². The van der Waals surface area contributed by atoms with Crippen LogP contribution in [-0.4, -0.2) is 0 Å². The van der Waals surface area contributed by atoms with Crippen molar-refractivity contribution in [1.29, 1.82) is 0 Å². The molecule has 0 fully saturated rings. The predicted molar refractivity (Wildman–Crippen MR) is 47.3 cm³/mol. The minimum Gasteiger partial charge on any atom is -0.122 e. The van der Waals surface area contributed by atoms with Crippen LogP contribution in [0.4, 0.5) is 0 Å². The lowest BCUT2D eigenvalue weighted by atomic mass is 10.4.